The number of aromatic nitrogens is 1. The van der Waals surface area contributed by atoms with Crippen molar-refractivity contribution in [2.75, 3.05) is 0 Å². The van der Waals surface area contributed by atoms with Gasteiger partial charge in [-0.1, -0.05) is 6.07 Å². The molecule has 2 rings (SSSR count). The zero-order valence-electron chi connectivity index (χ0n) is 10.7. The summed E-state index contributed by atoms with van der Waals surface area (Å²) in [7, 11) is 0. The average Bonchev–Trinajstić information content (AvgIpc) is 2.27. The van der Waals surface area contributed by atoms with Crippen molar-refractivity contribution < 1.29 is 9.50 Å². The van der Waals surface area contributed by atoms with Crippen LogP contribution in [0.5, 0.6) is 0 Å². The summed E-state index contributed by atoms with van der Waals surface area (Å²) >= 11 is 0. The van der Waals surface area contributed by atoms with Crippen molar-refractivity contribution in [3.05, 3.63) is 64.2 Å². The Morgan fingerprint density at radius 2 is 1.89 bits per heavy atom. The SMILES string of the molecule is Cc1cc(C)c(C(O)c2ccncc2C)c(F)c1. The molecule has 1 unspecified atom stereocenters. The molecule has 1 N–H and O–H groups in total. The second kappa shape index (κ2) is 4.86. The van der Waals surface area contributed by atoms with Crippen molar-refractivity contribution in [2.45, 2.75) is 26.9 Å². The number of halogens is 1. The van der Waals surface area contributed by atoms with Crippen LogP contribution >= 0.6 is 0 Å². The fraction of sp³-hybridized carbons (Fsp3) is 0.267. The van der Waals surface area contributed by atoms with E-state index < -0.39 is 6.10 Å². The van der Waals surface area contributed by atoms with E-state index in [0.717, 1.165) is 16.7 Å². The van der Waals surface area contributed by atoms with Gasteiger partial charge in [-0.05, 0) is 55.2 Å². The molecule has 94 valence electrons. The number of rotatable bonds is 2. The molecule has 0 aliphatic carbocycles. The summed E-state index contributed by atoms with van der Waals surface area (Å²) < 4.78 is 14.0. The summed E-state index contributed by atoms with van der Waals surface area (Å²) in [4.78, 5) is 3.98. The van der Waals surface area contributed by atoms with Crippen molar-refractivity contribution in [1.29, 1.82) is 0 Å². The van der Waals surface area contributed by atoms with Crippen LogP contribution in [-0.2, 0) is 0 Å². The van der Waals surface area contributed by atoms with Gasteiger partial charge in [-0.15, -0.1) is 0 Å². The minimum Gasteiger partial charge on any atom is -0.384 e. The molecular weight excluding hydrogens is 229 g/mol. The lowest BCUT2D eigenvalue weighted by atomic mass is 9.94. The lowest BCUT2D eigenvalue weighted by molar-refractivity contribution is 0.213. The number of hydrogen-bond acceptors (Lipinski definition) is 2. The summed E-state index contributed by atoms with van der Waals surface area (Å²) in [6.07, 6.45) is 2.32. The van der Waals surface area contributed by atoms with E-state index in [1.165, 1.54) is 6.07 Å². The Morgan fingerprint density at radius 1 is 1.17 bits per heavy atom. The van der Waals surface area contributed by atoms with Crippen LogP contribution in [0.1, 0.15) is 33.9 Å². The third kappa shape index (κ3) is 2.27. The van der Waals surface area contributed by atoms with Crippen LogP contribution in [0.3, 0.4) is 0 Å². The summed E-state index contributed by atoms with van der Waals surface area (Å²) in [5.74, 6) is -0.365. The van der Waals surface area contributed by atoms with Gasteiger partial charge >= 0.3 is 0 Å². The highest BCUT2D eigenvalue weighted by Crippen LogP contribution is 2.29. The predicted octanol–water partition coefficient (Wildman–Crippen LogP) is 3.23. The molecular formula is C15H16FNO. The normalized spacial score (nSPS) is 12.5. The third-order valence-corrected chi connectivity index (χ3v) is 3.11. The Labute approximate surface area is 106 Å². The first-order valence-electron chi connectivity index (χ1n) is 5.86. The summed E-state index contributed by atoms with van der Waals surface area (Å²) in [5, 5.41) is 10.4. The number of aryl methyl sites for hydroxylation is 3. The lowest BCUT2D eigenvalue weighted by Gasteiger charge is -2.17. The van der Waals surface area contributed by atoms with Gasteiger partial charge in [0.15, 0.2) is 0 Å². The van der Waals surface area contributed by atoms with E-state index in [2.05, 4.69) is 4.98 Å². The van der Waals surface area contributed by atoms with Gasteiger partial charge in [0.1, 0.15) is 11.9 Å². The average molecular weight is 245 g/mol. The van der Waals surface area contributed by atoms with E-state index in [1.54, 1.807) is 18.5 Å². The van der Waals surface area contributed by atoms with Gasteiger partial charge in [0.05, 0.1) is 0 Å². The first-order chi connectivity index (χ1) is 8.50. The number of aliphatic hydroxyl groups is 1. The van der Waals surface area contributed by atoms with Gasteiger partial charge < -0.3 is 5.11 Å². The van der Waals surface area contributed by atoms with Crippen molar-refractivity contribution in [2.24, 2.45) is 0 Å². The van der Waals surface area contributed by atoms with Crippen molar-refractivity contribution >= 4 is 0 Å². The zero-order chi connectivity index (χ0) is 13.3. The molecule has 0 aliphatic rings. The van der Waals surface area contributed by atoms with Gasteiger partial charge in [0.2, 0.25) is 0 Å². The van der Waals surface area contributed by atoms with E-state index in [9.17, 15) is 9.50 Å². The van der Waals surface area contributed by atoms with E-state index in [4.69, 9.17) is 0 Å². The van der Waals surface area contributed by atoms with E-state index in [0.29, 0.717) is 11.1 Å². The quantitative estimate of drug-likeness (QED) is 0.881. The minimum atomic E-state index is -0.950. The van der Waals surface area contributed by atoms with Gasteiger partial charge in [-0.25, -0.2) is 4.39 Å². The molecule has 0 aliphatic heterocycles. The first-order valence-corrected chi connectivity index (χ1v) is 5.86. The maximum absolute atomic E-state index is 14.0. The molecule has 18 heavy (non-hydrogen) atoms. The van der Waals surface area contributed by atoms with Crippen molar-refractivity contribution in [3.8, 4) is 0 Å². The molecule has 0 amide bonds. The van der Waals surface area contributed by atoms with Crippen LogP contribution in [-0.4, -0.2) is 10.1 Å². The molecule has 1 atom stereocenters. The number of benzene rings is 1. The van der Waals surface area contributed by atoms with Crippen LogP contribution in [0.15, 0.2) is 30.6 Å². The molecule has 1 aromatic heterocycles. The summed E-state index contributed by atoms with van der Waals surface area (Å²) in [5.41, 5.74) is 3.50. The molecule has 0 bridgehead atoms. The Kier molecular flexibility index (Phi) is 3.43. The van der Waals surface area contributed by atoms with Crippen molar-refractivity contribution in [1.82, 2.24) is 4.98 Å². The van der Waals surface area contributed by atoms with Gasteiger partial charge in [0.25, 0.3) is 0 Å². The topological polar surface area (TPSA) is 33.1 Å². The minimum absolute atomic E-state index is 0.343. The molecule has 1 aromatic carbocycles. The molecule has 0 saturated heterocycles. The molecule has 1 heterocycles. The smallest absolute Gasteiger partial charge is 0.129 e. The Hall–Kier alpha value is -1.74. The number of pyridine rings is 1. The first kappa shape index (κ1) is 12.7. The Balaban J connectivity index is 2.53. The summed E-state index contributed by atoms with van der Waals surface area (Å²) in [6, 6.07) is 5.04. The van der Waals surface area contributed by atoms with Crippen LogP contribution in [0.25, 0.3) is 0 Å². The number of hydrogen-bond donors (Lipinski definition) is 1. The summed E-state index contributed by atoms with van der Waals surface area (Å²) in [6.45, 7) is 5.50. The standard InChI is InChI=1S/C15H16FNO/c1-9-6-10(2)14(13(16)7-9)15(18)12-4-5-17-8-11(12)3/h4-8,15,18H,1-3H3. The number of aliphatic hydroxyl groups excluding tert-OH is 1. The zero-order valence-corrected chi connectivity index (χ0v) is 10.7. The molecule has 2 aromatic rings. The van der Waals surface area contributed by atoms with Crippen LogP contribution in [0.4, 0.5) is 4.39 Å². The monoisotopic (exact) mass is 245 g/mol. The molecule has 0 fully saturated rings. The highest BCUT2D eigenvalue weighted by atomic mass is 19.1. The van der Waals surface area contributed by atoms with Crippen LogP contribution in [0, 0.1) is 26.6 Å². The molecule has 3 heteroatoms. The van der Waals surface area contributed by atoms with Gasteiger partial charge in [0, 0.05) is 18.0 Å². The lowest BCUT2D eigenvalue weighted by Crippen LogP contribution is -2.07. The Morgan fingerprint density at radius 3 is 2.50 bits per heavy atom. The molecule has 0 radical (unpaired) electrons. The largest absolute Gasteiger partial charge is 0.384 e. The molecule has 2 nitrogen and oxygen atoms in total. The van der Waals surface area contributed by atoms with Crippen LogP contribution < -0.4 is 0 Å². The highest BCUT2D eigenvalue weighted by molar-refractivity contribution is 5.40. The fourth-order valence-electron chi connectivity index (χ4n) is 2.22. The maximum atomic E-state index is 14.0. The van der Waals surface area contributed by atoms with E-state index in [1.807, 2.05) is 26.8 Å². The highest BCUT2D eigenvalue weighted by Gasteiger charge is 2.19. The number of nitrogens with zero attached hydrogens (tertiary/aromatic N) is 1. The molecule has 0 spiro atoms. The maximum Gasteiger partial charge on any atom is 0.129 e. The van der Waals surface area contributed by atoms with Gasteiger partial charge in [-0.3, -0.25) is 4.98 Å². The van der Waals surface area contributed by atoms with Gasteiger partial charge in [-0.2, -0.15) is 0 Å². The Bertz CT molecular complexity index is 557. The third-order valence-electron chi connectivity index (χ3n) is 3.11. The van der Waals surface area contributed by atoms with Crippen LogP contribution in [0.2, 0.25) is 0 Å². The fourth-order valence-corrected chi connectivity index (χ4v) is 2.22. The van der Waals surface area contributed by atoms with E-state index in [-0.39, 0.29) is 5.82 Å². The van der Waals surface area contributed by atoms with Crippen molar-refractivity contribution in [3.63, 3.8) is 0 Å². The second-order valence-electron chi connectivity index (χ2n) is 4.61. The van der Waals surface area contributed by atoms with E-state index >= 15 is 0 Å². The second-order valence-corrected chi connectivity index (χ2v) is 4.61. The molecule has 0 saturated carbocycles. The predicted molar refractivity (Wildman–Crippen MR) is 68.9 cm³/mol.